The van der Waals surface area contributed by atoms with Crippen LogP contribution in [0.5, 0.6) is 0 Å². The molecule has 0 atom stereocenters. The molecule has 180 valence electrons. The number of carbonyl (C=O) groups is 1. The van der Waals surface area contributed by atoms with E-state index in [4.69, 9.17) is 10.2 Å². The molecule has 37 heavy (non-hydrogen) atoms. The van der Waals surface area contributed by atoms with Gasteiger partial charge in [-0.1, -0.05) is 42.5 Å². The molecule has 6 heteroatoms. The molecule has 0 fully saturated rings. The molecule has 1 heterocycles. The summed E-state index contributed by atoms with van der Waals surface area (Å²) in [5.41, 5.74) is 4.82. The van der Waals surface area contributed by atoms with E-state index in [1.807, 2.05) is 92.0 Å². The Kier molecular flexibility index (Phi) is 6.66. The highest BCUT2D eigenvalue weighted by atomic mass is 16.2. The summed E-state index contributed by atoms with van der Waals surface area (Å²) < 4.78 is 2.06. The molecule has 0 N–H and O–H groups in total. The second-order valence-electron chi connectivity index (χ2n) is 9.00. The molecule has 0 spiro atoms. The first-order valence-electron chi connectivity index (χ1n) is 12.2. The molecular formula is C31H25N5O. The number of hydrogen-bond acceptors (Lipinski definition) is 4. The monoisotopic (exact) mass is 483 g/mol. The molecule has 0 aliphatic carbocycles. The zero-order valence-corrected chi connectivity index (χ0v) is 20.6. The van der Waals surface area contributed by atoms with Gasteiger partial charge in [-0.25, -0.2) is 4.98 Å². The standard InChI is InChI=1S/C31H25N5O/c1-35-29-15-13-26(20-28(29)34-30(35)16-11-22-7-9-23(21-33)10-8-22)31(37)36(18-4-17-32)27-14-12-24-5-2-3-6-25(24)19-27/h2-3,5-10,12-15,19-20H,4,11,16,18H2,1H3. The second-order valence-corrected chi connectivity index (χ2v) is 9.00. The first-order chi connectivity index (χ1) is 18.1. The SMILES string of the molecule is Cn1c(CCc2ccc(C#N)cc2)nc2cc(C(=O)N(CCC#N)c3ccc4ccccc4c3)ccc21. The summed E-state index contributed by atoms with van der Waals surface area (Å²) >= 11 is 0. The van der Waals surface area contributed by atoms with Crippen LogP contribution in [0.25, 0.3) is 21.8 Å². The van der Waals surface area contributed by atoms with Crippen LogP contribution < -0.4 is 4.90 Å². The number of nitrogens with zero attached hydrogens (tertiary/aromatic N) is 5. The zero-order chi connectivity index (χ0) is 25.8. The summed E-state index contributed by atoms with van der Waals surface area (Å²) in [7, 11) is 1.99. The van der Waals surface area contributed by atoms with Gasteiger partial charge in [0.1, 0.15) is 5.82 Å². The van der Waals surface area contributed by atoms with Gasteiger partial charge in [-0.2, -0.15) is 10.5 Å². The Balaban J connectivity index is 1.41. The third kappa shape index (κ3) is 4.91. The molecule has 0 saturated carbocycles. The summed E-state index contributed by atoms with van der Waals surface area (Å²) in [5.74, 6) is 0.775. The number of anilines is 1. The first kappa shape index (κ1) is 23.8. The molecule has 0 saturated heterocycles. The topological polar surface area (TPSA) is 85.7 Å². The molecule has 0 unspecified atom stereocenters. The Morgan fingerprint density at radius 3 is 2.46 bits per heavy atom. The van der Waals surface area contributed by atoms with Gasteiger partial charge in [0.25, 0.3) is 5.91 Å². The number of nitriles is 2. The maximum atomic E-state index is 13.6. The van der Waals surface area contributed by atoms with Gasteiger partial charge in [-0.05, 0) is 65.2 Å². The van der Waals surface area contributed by atoms with Crippen LogP contribution in [0.1, 0.15) is 33.7 Å². The van der Waals surface area contributed by atoms with Crippen molar-refractivity contribution in [2.24, 2.45) is 7.05 Å². The number of carbonyl (C=O) groups excluding carboxylic acids is 1. The summed E-state index contributed by atoms with van der Waals surface area (Å²) in [6.07, 6.45) is 1.79. The number of amides is 1. The molecule has 0 aliphatic rings. The van der Waals surface area contributed by atoms with Crippen molar-refractivity contribution >= 4 is 33.4 Å². The molecule has 6 nitrogen and oxygen atoms in total. The van der Waals surface area contributed by atoms with E-state index in [2.05, 4.69) is 16.7 Å². The lowest BCUT2D eigenvalue weighted by atomic mass is 10.1. The Morgan fingerprint density at radius 1 is 0.919 bits per heavy atom. The number of aryl methyl sites for hydroxylation is 3. The molecular weight excluding hydrogens is 458 g/mol. The fourth-order valence-corrected chi connectivity index (χ4v) is 4.62. The number of aromatic nitrogens is 2. The largest absolute Gasteiger partial charge is 0.331 e. The number of imidazole rings is 1. The predicted molar refractivity (Wildman–Crippen MR) is 145 cm³/mol. The fourth-order valence-electron chi connectivity index (χ4n) is 4.62. The molecule has 1 amide bonds. The second kappa shape index (κ2) is 10.4. The van der Waals surface area contributed by atoms with Crippen LogP contribution in [-0.4, -0.2) is 22.0 Å². The highest BCUT2D eigenvalue weighted by molar-refractivity contribution is 6.08. The maximum Gasteiger partial charge on any atom is 0.258 e. The van der Waals surface area contributed by atoms with Crippen LogP contribution in [0.15, 0.2) is 84.9 Å². The Morgan fingerprint density at radius 2 is 1.70 bits per heavy atom. The van der Waals surface area contributed by atoms with Crippen LogP contribution in [-0.2, 0) is 19.9 Å². The Hall–Kier alpha value is -4.94. The molecule has 1 aromatic heterocycles. The third-order valence-corrected chi connectivity index (χ3v) is 6.68. The highest BCUT2D eigenvalue weighted by Crippen LogP contribution is 2.25. The molecule has 4 aromatic carbocycles. The van der Waals surface area contributed by atoms with E-state index in [-0.39, 0.29) is 12.3 Å². The van der Waals surface area contributed by atoms with Gasteiger partial charge in [0.05, 0.1) is 35.2 Å². The van der Waals surface area contributed by atoms with E-state index in [0.717, 1.165) is 51.7 Å². The number of fused-ring (bicyclic) bond motifs is 2. The van der Waals surface area contributed by atoms with Crippen molar-refractivity contribution in [1.29, 1.82) is 10.5 Å². The van der Waals surface area contributed by atoms with Gasteiger partial charge in [-0.3, -0.25) is 4.79 Å². The average molecular weight is 484 g/mol. The van der Waals surface area contributed by atoms with E-state index >= 15 is 0 Å². The summed E-state index contributed by atoms with van der Waals surface area (Å²) in [5, 5.41) is 20.3. The van der Waals surface area contributed by atoms with Gasteiger partial charge in [0.2, 0.25) is 0 Å². The smallest absolute Gasteiger partial charge is 0.258 e. The summed E-state index contributed by atoms with van der Waals surface area (Å²) in [4.78, 5) is 20.1. The number of benzene rings is 4. The predicted octanol–water partition coefficient (Wildman–Crippen LogP) is 5.94. The van der Waals surface area contributed by atoms with Crippen LogP contribution in [0.3, 0.4) is 0 Å². The lowest BCUT2D eigenvalue weighted by Gasteiger charge is -2.22. The quantitative estimate of drug-likeness (QED) is 0.287. The molecule has 0 aliphatic heterocycles. The minimum absolute atomic E-state index is 0.155. The van der Waals surface area contributed by atoms with Crippen molar-refractivity contribution in [3.8, 4) is 12.1 Å². The Bertz CT molecular complexity index is 1690. The normalized spacial score (nSPS) is 10.8. The minimum atomic E-state index is -0.155. The molecule has 0 radical (unpaired) electrons. The Labute approximate surface area is 215 Å². The number of hydrogen-bond donors (Lipinski definition) is 0. The lowest BCUT2D eigenvalue weighted by molar-refractivity contribution is 0.0987. The minimum Gasteiger partial charge on any atom is -0.331 e. The van der Waals surface area contributed by atoms with Gasteiger partial charge in [0.15, 0.2) is 0 Å². The van der Waals surface area contributed by atoms with Crippen molar-refractivity contribution in [1.82, 2.24) is 9.55 Å². The summed E-state index contributed by atoms with van der Waals surface area (Å²) in [6, 6.07) is 31.4. The van der Waals surface area contributed by atoms with E-state index in [9.17, 15) is 10.1 Å². The lowest BCUT2D eigenvalue weighted by Crippen LogP contribution is -2.31. The summed E-state index contributed by atoms with van der Waals surface area (Å²) in [6.45, 7) is 0.309. The van der Waals surface area contributed by atoms with Crippen molar-refractivity contribution in [3.63, 3.8) is 0 Å². The highest BCUT2D eigenvalue weighted by Gasteiger charge is 2.19. The maximum absolute atomic E-state index is 13.6. The third-order valence-electron chi connectivity index (χ3n) is 6.68. The van der Waals surface area contributed by atoms with E-state index in [0.29, 0.717) is 17.7 Å². The number of rotatable bonds is 7. The van der Waals surface area contributed by atoms with E-state index in [1.54, 1.807) is 4.90 Å². The van der Waals surface area contributed by atoms with Crippen molar-refractivity contribution in [2.45, 2.75) is 19.3 Å². The van der Waals surface area contributed by atoms with Crippen LogP contribution in [0, 0.1) is 22.7 Å². The van der Waals surface area contributed by atoms with Gasteiger partial charge >= 0.3 is 0 Å². The van der Waals surface area contributed by atoms with Gasteiger partial charge in [0, 0.05) is 31.3 Å². The van der Waals surface area contributed by atoms with Crippen molar-refractivity contribution < 1.29 is 4.79 Å². The van der Waals surface area contributed by atoms with Crippen LogP contribution in [0.2, 0.25) is 0 Å². The molecule has 0 bridgehead atoms. The van der Waals surface area contributed by atoms with Crippen LogP contribution >= 0.6 is 0 Å². The van der Waals surface area contributed by atoms with Crippen LogP contribution in [0.4, 0.5) is 5.69 Å². The van der Waals surface area contributed by atoms with Crippen molar-refractivity contribution in [3.05, 3.63) is 107 Å². The van der Waals surface area contributed by atoms with E-state index < -0.39 is 0 Å². The van der Waals surface area contributed by atoms with Gasteiger partial charge < -0.3 is 9.47 Å². The zero-order valence-electron chi connectivity index (χ0n) is 20.6. The molecule has 5 rings (SSSR count). The molecule has 5 aromatic rings. The first-order valence-corrected chi connectivity index (χ1v) is 12.2. The van der Waals surface area contributed by atoms with Gasteiger partial charge in [-0.15, -0.1) is 0 Å². The van der Waals surface area contributed by atoms with E-state index in [1.165, 1.54) is 0 Å². The van der Waals surface area contributed by atoms with Crippen molar-refractivity contribution in [2.75, 3.05) is 11.4 Å². The fraction of sp³-hybridized carbons (Fsp3) is 0.161. The average Bonchev–Trinajstić information content (AvgIpc) is 3.26.